The van der Waals surface area contributed by atoms with Crippen molar-refractivity contribution in [1.82, 2.24) is 9.97 Å². The predicted molar refractivity (Wildman–Crippen MR) is 109 cm³/mol. The standard InChI is InChI=1S/C23H19F3N2O3/c1-14(31-29)15-2-4-16(5-3-15)17-6-11-20-21(12-17)28-22(27-20)13-30-19-9-7-18(8-10-19)23(24,25)26/h2-12,14,29H,13H2,1H3,(H,27,28). The average molecular weight is 428 g/mol. The summed E-state index contributed by atoms with van der Waals surface area (Å²) in [6.45, 7) is 1.85. The van der Waals surface area contributed by atoms with Gasteiger partial charge in [0.15, 0.2) is 0 Å². The third-order valence-electron chi connectivity index (χ3n) is 4.96. The van der Waals surface area contributed by atoms with E-state index >= 15 is 0 Å². The Bertz CT molecular complexity index is 1170. The van der Waals surface area contributed by atoms with E-state index in [0.29, 0.717) is 11.6 Å². The van der Waals surface area contributed by atoms with Gasteiger partial charge in [0.1, 0.15) is 24.3 Å². The number of hydrogen-bond donors (Lipinski definition) is 2. The van der Waals surface area contributed by atoms with Gasteiger partial charge in [-0.05, 0) is 60.0 Å². The summed E-state index contributed by atoms with van der Waals surface area (Å²) in [5, 5.41) is 8.79. The van der Waals surface area contributed by atoms with Crippen molar-refractivity contribution in [3.8, 4) is 16.9 Å². The molecule has 0 aliphatic carbocycles. The summed E-state index contributed by atoms with van der Waals surface area (Å²) in [4.78, 5) is 12.0. The van der Waals surface area contributed by atoms with Crippen molar-refractivity contribution in [1.29, 1.82) is 0 Å². The summed E-state index contributed by atoms with van der Waals surface area (Å²) >= 11 is 0. The Morgan fingerprint density at radius 2 is 1.65 bits per heavy atom. The second-order valence-corrected chi connectivity index (χ2v) is 7.10. The lowest BCUT2D eigenvalue weighted by atomic mass is 10.0. The van der Waals surface area contributed by atoms with Crippen molar-refractivity contribution in [3.63, 3.8) is 0 Å². The molecule has 31 heavy (non-hydrogen) atoms. The number of nitrogens with zero attached hydrogens (tertiary/aromatic N) is 1. The number of fused-ring (bicyclic) bond motifs is 1. The molecule has 2 N–H and O–H groups in total. The predicted octanol–water partition coefficient (Wildman–Crippen LogP) is 6.38. The van der Waals surface area contributed by atoms with Crippen LogP contribution in [0.1, 0.15) is 30.0 Å². The quantitative estimate of drug-likeness (QED) is 0.276. The lowest BCUT2D eigenvalue weighted by Gasteiger charge is -2.08. The normalized spacial score (nSPS) is 12.8. The molecule has 1 unspecified atom stereocenters. The van der Waals surface area contributed by atoms with Crippen LogP contribution in [0.15, 0.2) is 66.7 Å². The fourth-order valence-corrected chi connectivity index (χ4v) is 3.21. The first-order chi connectivity index (χ1) is 14.8. The molecule has 3 aromatic carbocycles. The van der Waals surface area contributed by atoms with Gasteiger partial charge in [-0.3, -0.25) is 5.26 Å². The number of halogens is 3. The molecule has 0 saturated heterocycles. The van der Waals surface area contributed by atoms with Crippen molar-refractivity contribution < 1.29 is 28.1 Å². The van der Waals surface area contributed by atoms with E-state index in [1.54, 1.807) is 6.92 Å². The summed E-state index contributed by atoms with van der Waals surface area (Å²) in [6, 6.07) is 18.0. The maximum atomic E-state index is 12.6. The molecule has 1 atom stereocenters. The number of aromatic nitrogens is 2. The Labute approximate surface area is 176 Å². The van der Waals surface area contributed by atoms with E-state index in [0.717, 1.165) is 39.9 Å². The number of ether oxygens (including phenoxy) is 1. The Hall–Kier alpha value is -3.36. The fourth-order valence-electron chi connectivity index (χ4n) is 3.21. The van der Waals surface area contributed by atoms with E-state index in [9.17, 15) is 13.2 Å². The van der Waals surface area contributed by atoms with E-state index in [-0.39, 0.29) is 6.61 Å². The van der Waals surface area contributed by atoms with E-state index in [1.165, 1.54) is 12.1 Å². The highest BCUT2D eigenvalue weighted by atomic mass is 19.4. The summed E-state index contributed by atoms with van der Waals surface area (Å²) in [6.07, 6.45) is -4.78. The van der Waals surface area contributed by atoms with E-state index in [1.807, 2.05) is 42.5 Å². The Kier molecular flexibility index (Phi) is 5.67. The van der Waals surface area contributed by atoms with Crippen LogP contribution in [0.3, 0.4) is 0 Å². The number of aromatic amines is 1. The minimum atomic E-state index is -4.37. The van der Waals surface area contributed by atoms with Gasteiger partial charge < -0.3 is 9.72 Å². The van der Waals surface area contributed by atoms with Crippen molar-refractivity contribution in [3.05, 3.63) is 83.7 Å². The van der Waals surface area contributed by atoms with E-state index in [4.69, 9.17) is 9.99 Å². The molecule has 4 rings (SSSR count). The molecule has 0 saturated carbocycles. The summed E-state index contributed by atoms with van der Waals surface area (Å²) in [5.74, 6) is 0.895. The molecule has 0 bridgehead atoms. The molecule has 8 heteroatoms. The van der Waals surface area contributed by atoms with E-state index in [2.05, 4.69) is 14.9 Å². The monoisotopic (exact) mass is 428 g/mol. The van der Waals surface area contributed by atoms with Crippen LogP contribution in [0.5, 0.6) is 5.75 Å². The first-order valence-corrected chi connectivity index (χ1v) is 9.53. The minimum absolute atomic E-state index is 0.100. The highest BCUT2D eigenvalue weighted by Crippen LogP contribution is 2.30. The molecular weight excluding hydrogens is 409 g/mol. The maximum absolute atomic E-state index is 12.6. The molecule has 5 nitrogen and oxygen atoms in total. The van der Waals surface area contributed by atoms with E-state index < -0.39 is 17.8 Å². The molecule has 4 aromatic rings. The third kappa shape index (κ3) is 4.70. The molecule has 1 heterocycles. The molecule has 0 aliphatic heterocycles. The number of imidazole rings is 1. The van der Waals surface area contributed by atoms with Crippen LogP contribution in [0.25, 0.3) is 22.2 Å². The number of benzene rings is 3. The number of hydrogen-bond acceptors (Lipinski definition) is 4. The first-order valence-electron chi connectivity index (χ1n) is 9.53. The lowest BCUT2D eigenvalue weighted by Crippen LogP contribution is -2.04. The zero-order chi connectivity index (χ0) is 22.0. The highest BCUT2D eigenvalue weighted by Gasteiger charge is 2.30. The molecule has 0 amide bonds. The zero-order valence-corrected chi connectivity index (χ0v) is 16.5. The largest absolute Gasteiger partial charge is 0.486 e. The van der Waals surface area contributed by atoms with Crippen LogP contribution in [0.4, 0.5) is 13.2 Å². The Morgan fingerprint density at radius 1 is 0.968 bits per heavy atom. The highest BCUT2D eigenvalue weighted by molar-refractivity contribution is 5.82. The topological polar surface area (TPSA) is 67.4 Å². The molecule has 0 fully saturated rings. The van der Waals surface area contributed by atoms with Gasteiger partial charge in [-0.2, -0.15) is 13.2 Å². The molecule has 1 aromatic heterocycles. The van der Waals surface area contributed by atoms with Crippen molar-refractivity contribution in [2.24, 2.45) is 0 Å². The summed E-state index contributed by atoms with van der Waals surface area (Å²) in [7, 11) is 0. The lowest BCUT2D eigenvalue weighted by molar-refractivity contribution is -0.277. The smallest absolute Gasteiger partial charge is 0.416 e. The molecule has 0 aliphatic rings. The van der Waals surface area contributed by atoms with Gasteiger partial charge in [-0.15, -0.1) is 0 Å². The van der Waals surface area contributed by atoms with Gasteiger partial charge in [0, 0.05) is 0 Å². The number of nitrogens with one attached hydrogen (secondary N) is 1. The number of alkyl halides is 3. The number of H-pyrrole nitrogens is 1. The zero-order valence-electron chi connectivity index (χ0n) is 16.5. The van der Waals surface area contributed by atoms with Crippen molar-refractivity contribution in [2.75, 3.05) is 0 Å². The minimum Gasteiger partial charge on any atom is -0.486 e. The van der Waals surface area contributed by atoms with Gasteiger partial charge >= 0.3 is 6.18 Å². The first kappa shape index (κ1) is 20.9. The Balaban J connectivity index is 1.47. The summed E-state index contributed by atoms with van der Waals surface area (Å²) < 4.78 is 43.5. The second-order valence-electron chi connectivity index (χ2n) is 7.10. The van der Waals surface area contributed by atoms with Crippen LogP contribution >= 0.6 is 0 Å². The maximum Gasteiger partial charge on any atom is 0.416 e. The summed E-state index contributed by atoms with van der Waals surface area (Å²) in [5.41, 5.74) is 3.69. The SMILES string of the molecule is CC(OO)c1ccc(-c2ccc3nc(COc4ccc(C(F)(F)F)cc4)[nH]c3c2)cc1. The second kappa shape index (κ2) is 8.41. The van der Waals surface area contributed by atoms with Crippen molar-refractivity contribution in [2.45, 2.75) is 25.8 Å². The van der Waals surface area contributed by atoms with Crippen LogP contribution in [0, 0.1) is 0 Å². The third-order valence-corrected chi connectivity index (χ3v) is 4.96. The van der Waals surface area contributed by atoms with Gasteiger partial charge in [0.05, 0.1) is 16.6 Å². The fraction of sp³-hybridized carbons (Fsp3) is 0.174. The van der Waals surface area contributed by atoms with Crippen LogP contribution in [-0.2, 0) is 17.7 Å². The number of rotatable bonds is 6. The molecule has 0 spiro atoms. The van der Waals surface area contributed by atoms with Crippen LogP contribution < -0.4 is 4.74 Å². The Morgan fingerprint density at radius 3 is 2.29 bits per heavy atom. The van der Waals surface area contributed by atoms with Gasteiger partial charge in [-0.1, -0.05) is 30.3 Å². The molecule has 0 radical (unpaired) electrons. The average Bonchev–Trinajstić information content (AvgIpc) is 3.19. The van der Waals surface area contributed by atoms with Crippen LogP contribution in [-0.4, -0.2) is 15.2 Å². The van der Waals surface area contributed by atoms with Crippen LogP contribution in [0.2, 0.25) is 0 Å². The molecule has 160 valence electrons. The molecular formula is C23H19F3N2O3. The van der Waals surface area contributed by atoms with Gasteiger partial charge in [-0.25, -0.2) is 9.87 Å². The van der Waals surface area contributed by atoms with Gasteiger partial charge in [0.25, 0.3) is 0 Å². The van der Waals surface area contributed by atoms with Crippen molar-refractivity contribution >= 4 is 11.0 Å². The van der Waals surface area contributed by atoms with Gasteiger partial charge in [0.2, 0.25) is 0 Å².